The van der Waals surface area contributed by atoms with Gasteiger partial charge in [0, 0.05) is 11.3 Å². The quantitative estimate of drug-likeness (QED) is 0.889. The van der Waals surface area contributed by atoms with Crippen molar-refractivity contribution < 1.29 is 4.74 Å². The summed E-state index contributed by atoms with van der Waals surface area (Å²) in [7, 11) is 3.79. The number of hydrogen-bond acceptors (Lipinski definition) is 3. The van der Waals surface area contributed by atoms with Gasteiger partial charge in [0.05, 0.1) is 7.11 Å². The first-order valence-corrected chi connectivity index (χ1v) is 7.30. The summed E-state index contributed by atoms with van der Waals surface area (Å²) in [5.74, 6) is 2.15. The standard InChI is InChI=1S/C14H21NOS/c1-4-17-13-8-6-10-5-7-11(16-3)9-12(10)14(13)15-2/h5,7,9,13-15H,4,6,8H2,1-3H3. The van der Waals surface area contributed by atoms with Gasteiger partial charge in [0.25, 0.3) is 0 Å². The Kier molecular flexibility index (Phi) is 4.35. The molecule has 0 saturated carbocycles. The summed E-state index contributed by atoms with van der Waals surface area (Å²) in [6, 6.07) is 6.93. The fourth-order valence-electron chi connectivity index (χ4n) is 2.62. The molecule has 1 aromatic carbocycles. The van der Waals surface area contributed by atoms with E-state index in [1.54, 1.807) is 7.11 Å². The second-order valence-corrected chi connectivity index (χ2v) is 5.88. The molecular weight excluding hydrogens is 230 g/mol. The molecule has 2 nitrogen and oxygen atoms in total. The highest BCUT2D eigenvalue weighted by Crippen LogP contribution is 2.38. The van der Waals surface area contributed by atoms with Crippen LogP contribution in [0.5, 0.6) is 5.75 Å². The van der Waals surface area contributed by atoms with Gasteiger partial charge in [-0.05, 0) is 48.9 Å². The summed E-state index contributed by atoms with van der Waals surface area (Å²) < 4.78 is 5.33. The lowest BCUT2D eigenvalue weighted by molar-refractivity contribution is 0.411. The van der Waals surface area contributed by atoms with Crippen LogP contribution in [0.15, 0.2) is 18.2 Å². The van der Waals surface area contributed by atoms with Crippen LogP contribution in [0.25, 0.3) is 0 Å². The van der Waals surface area contributed by atoms with Crippen molar-refractivity contribution >= 4 is 11.8 Å². The molecule has 1 aliphatic carbocycles. The first-order valence-electron chi connectivity index (χ1n) is 6.25. The van der Waals surface area contributed by atoms with E-state index in [9.17, 15) is 0 Å². The van der Waals surface area contributed by atoms with Crippen LogP contribution < -0.4 is 10.1 Å². The van der Waals surface area contributed by atoms with E-state index in [2.05, 4.69) is 49.2 Å². The normalized spacial score (nSPS) is 23.2. The first kappa shape index (κ1) is 12.8. The largest absolute Gasteiger partial charge is 0.497 e. The summed E-state index contributed by atoms with van der Waals surface area (Å²) in [6.45, 7) is 2.23. The Hall–Kier alpha value is -0.670. The number of benzene rings is 1. The average molecular weight is 251 g/mol. The lowest BCUT2D eigenvalue weighted by Crippen LogP contribution is -2.32. The predicted molar refractivity (Wildman–Crippen MR) is 75.0 cm³/mol. The van der Waals surface area contributed by atoms with Crippen LogP contribution in [-0.2, 0) is 6.42 Å². The minimum Gasteiger partial charge on any atom is -0.497 e. The Bertz CT molecular complexity index is 380. The van der Waals surface area contributed by atoms with Crippen LogP contribution in [-0.4, -0.2) is 25.2 Å². The minimum absolute atomic E-state index is 0.457. The van der Waals surface area contributed by atoms with Gasteiger partial charge in [-0.2, -0.15) is 11.8 Å². The molecular formula is C14H21NOS. The van der Waals surface area contributed by atoms with Crippen LogP contribution in [0.4, 0.5) is 0 Å². The highest BCUT2D eigenvalue weighted by atomic mass is 32.2. The van der Waals surface area contributed by atoms with Crippen molar-refractivity contribution in [2.45, 2.75) is 31.1 Å². The highest BCUT2D eigenvalue weighted by molar-refractivity contribution is 7.99. The van der Waals surface area contributed by atoms with Gasteiger partial charge in [-0.25, -0.2) is 0 Å². The molecule has 0 fully saturated rings. The van der Waals surface area contributed by atoms with Gasteiger partial charge < -0.3 is 10.1 Å². The maximum absolute atomic E-state index is 5.33. The number of thioether (sulfide) groups is 1. The molecule has 0 heterocycles. The number of hydrogen-bond donors (Lipinski definition) is 1. The molecule has 0 aromatic heterocycles. The number of ether oxygens (including phenoxy) is 1. The van der Waals surface area contributed by atoms with E-state index in [1.165, 1.54) is 29.7 Å². The Morgan fingerprint density at radius 1 is 1.47 bits per heavy atom. The molecule has 17 heavy (non-hydrogen) atoms. The molecule has 0 amide bonds. The van der Waals surface area contributed by atoms with E-state index < -0.39 is 0 Å². The van der Waals surface area contributed by atoms with Crippen LogP contribution in [0.1, 0.15) is 30.5 Å². The van der Waals surface area contributed by atoms with Crippen LogP contribution >= 0.6 is 11.8 Å². The van der Waals surface area contributed by atoms with Gasteiger partial charge in [-0.15, -0.1) is 0 Å². The SMILES string of the molecule is CCSC1CCc2ccc(OC)cc2C1NC. The zero-order chi connectivity index (χ0) is 12.3. The molecule has 1 aliphatic rings. The lowest BCUT2D eigenvalue weighted by Gasteiger charge is -2.33. The van der Waals surface area contributed by atoms with E-state index in [-0.39, 0.29) is 0 Å². The van der Waals surface area contributed by atoms with Crippen molar-refractivity contribution in [3.63, 3.8) is 0 Å². The zero-order valence-electron chi connectivity index (χ0n) is 10.8. The molecule has 1 aromatic rings. The maximum atomic E-state index is 5.33. The summed E-state index contributed by atoms with van der Waals surface area (Å²) in [5, 5.41) is 4.15. The summed E-state index contributed by atoms with van der Waals surface area (Å²) in [4.78, 5) is 0. The molecule has 2 atom stereocenters. The number of fused-ring (bicyclic) bond motifs is 1. The molecule has 2 unspecified atom stereocenters. The van der Waals surface area contributed by atoms with Gasteiger partial charge >= 0.3 is 0 Å². The smallest absolute Gasteiger partial charge is 0.119 e. The van der Waals surface area contributed by atoms with E-state index in [1.807, 2.05) is 0 Å². The van der Waals surface area contributed by atoms with Crippen molar-refractivity contribution in [2.24, 2.45) is 0 Å². The van der Waals surface area contributed by atoms with Crippen molar-refractivity contribution in [1.29, 1.82) is 0 Å². The molecule has 0 bridgehead atoms. The molecule has 0 saturated heterocycles. The van der Waals surface area contributed by atoms with Gasteiger partial charge in [-0.1, -0.05) is 13.0 Å². The Morgan fingerprint density at radius 3 is 2.94 bits per heavy atom. The number of rotatable bonds is 4. The number of aryl methyl sites for hydroxylation is 1. The summed E-state index contributed by atoms with van der Waals surface area (Å²) >= 11 is 2.06. The number of nitrogens with one attached hydrogen (secondary N) is 1. The van der Waals surface area contributed by atoms with E-state index in [0.29, 0.717) is 11.3 Å². The van der Waals surface area contributed by atoms with Gasteiger partial charge in [0.1, 0.15) is 5.75 Å². The third-order valence-electron chi connectivity index (χ3n) is 3.45. The van der Waals surface area contributed by atoms with Crippen molar-refractivity contribution in [3.05, 3.63) is 29.3 Å². The van der Waals surface area contributed by atoms with Crippen molar-refractivity contribution in [2.75, 3.05) is 19.9 Å². The third kappa shape index (κ3) is 2.61. The molecule has 1 N–H and O–H groups in total. The lowest BCUT2D eigenvalue weighted by atomic mass is 9.87. The first-order chi connectivity index (χ1) is 8.30. The van der Waals surface area contributed by atoms with Crippen LogP contribution in [0.2, 0.25) is 0 Å². The van der Waals surface area contributed by atoms with Crippen LogP contribution in [0, 0.1) is 0 Å². The molecule has 0 radical (unpaired) electrons. The fraction of sp³-hybridized carbons (Fsp3) is 0.571. The molecule has 94 valence electrons. The maximum Gasteiger partial charge on any atom is 0.119 e. The van der Waals surface area contributed by atoms with Crippen molar-refractivity contribution in [1.82, 2.24) is 5.32 Å². The van der Waals surface area contributed by atoms with E-state index in [4.69, 9.17) is 4.74 Å². The molecule has 2 rings (SSSR count). The molecule has 0 spiro atoms. The monoisotopic (exact) mass is 251 g/mol. The number of methoxy groups -OCH3 is 1. The second-order valence-electron chi connectivity index (χ2n) is 4.36. The fourth-order valence-corrected chi connectivity index (χ4v) is 3.80. The Balaban J connectivity index is 2.31. The van der Waals surface area contributed by atoms with Gasteiger partial charge in [0.2, 0.25) is 0 Å². The highest BCUT2D eigenvalue weighted by Gasteiger charge is 2.28. The van der Waals surface area contributed by atoms with Gasteiger partial charge in [-0.3, -0.25) is 0 Å². The van der Waals surface area contributed by atoms with E-state index >= 15 is 0 Å². The Labute approximate surface area is 108 Å². The topological polar surface area (TPSA) is 21.3 Å². The zero-order valence-corrected chi connectivity index (χ0v) is 11.6. The summed E-state index contributed by atoms with van der Waals surface area (Å²) in [5.41, 5.74) is 2.89. The predicted octanol–water partition coefficient (Wildman–Crippen LogP) is 3.02. The summed E-state index contributed by atoms with van der Waals surface area (Å²) in [6.07, 6.45) is 2.46. The minimum atomic E-state index is 0.457. The van der Waals surface area contributed by atoms with Gasteiger partial charge in [0.15, 0.2) is 0 Å². The second kappa shape index (κ2) is 5.78. The van der Waals surface area contributed by atoms with Crippen molar-refractivity contribution in [3.8, 4) is 5.75 Å². The molecule has 3 heteroatoms. The third-order valence-corrected chi connectivity index (χ3v) is 4.72. The van der Waals surface area contributed by atoms with E-state index in [0.717, 1.165) is 5.75 Å². The average Bonchev–Trinajstić information content (AvgIpc) is 2.38. The molecule has 0 aliphatic heterocycles. The van der Waals surface area contributed by atoms with Crippen LogP contribution in [0.3, 0.4) is 0 Å². The Morgan fingerprint density at radius 2 is 2.29 bits per heavy atom.